The van der Waals surface area contributed by atoms with Gasteiger partial charge in [0.15, 0.2) is 0 Å². The van der Waals surface area contributed by atoms with E-state index >= 15 is 0 Å². The van der Waals surface area contributed by atoms with Crippen LogP contribution in [-0.4, -0.2) is 6.16 Å². The molecule has 3 heteroatoms. The van der Waals surface area contributed by atoms with Crippen LogP contribution in [0.2, 0.25) is 5.02 Å². The van der Waals surface area contributed by atoms with Crippen LogP contribution in [0.5, 0.6) is 5.75 Å². The second-order valence-electron chi connectivity index (χ2n) is 9.56. The van der Waals surface area contributed by atoms with E-state index in [1.807, 2.05) is 6.07 Å². The fourth-order valence-corrected chi connectivity index (χ4v) is 10.0. The summed E-state index contributed by atoms with van der Waals surface area (Å²) in [4.78, 5) is 0. The van der Waals surface area contributed by atoms with Crippen molar-refractivity contribution in [3.8, 4) is 5.75 Å². The minimum absolute atomic E-state index is 0.154. The molecule has 0 spiro atoms. The minimum Gasteiger partial charge on any atom is -0.872 e. The van der Waals surface area contributed by atoms with Gasteiger partial charge in [0, 0.05) is 5.02 Å². The predicted octanol–water partition coefficient (Wildman–Crippen LogP) is 7.85. The van der Waals surface area contributed by atoms with Crippen molar-refractivity contribution in [2.24, 2.45) is 0 Å². The topological polar surface area (TPSA) is 23.1 Å². The molecule has 36 heavy (non-hydrogen) atoms. The molecule has 4 aromatic carbocycles. The molecule has 1 aliphatic rings. The standard InChI is InChI=1S/C21H22P.C12H15ClO/c1-2-18-22(19-12-6-3-7-13-19,20-14-8-4-9-15-20)21-16-10-5-11-17-21;13-10-6-7-12(14)11(8-10)9-4-2-1-3-5-9/h3-17H,2,18H2,1H3;6-9,14H,1-5H2/q+1;/p-1. The summed E-state index contributed by atoms with van der Waals surface area (Å²) in [5.74, 6) is 0.608. The van der Waals surface area contributed by atoms with Gasteiger partial charge < -0.3 is 5.11 Å². The molecule has 1 nitrogen and oxygen atoms in total. The molecule has 5 rings (SSSR count). The van der Waals surface area contributed by atoms with Gasteiger partial charge in [-0.3, -0.25) is 0 Å². The Morgan fingerprint density at radius 1 is 0.694 bits per heavy atom. The summed E-state index contributed by atoms with van der Waals surface area (Å²) in [5.41, 5.74) is 0.928. The van der Waals surface area contributed by atoms with Gasteiger partial charge in [-0.15, -0.1) is 5.75 Å². The largest absolute Gasteiger partial charge is 0.872 e. The second kappa shape index (κ2) is 13.1. The van der Waals surface area contributed by atoms with Crippen molar-refractivity contribution in [1.82, 2.24) is 0 Å². The van der Waals surface area contributed by atoms with Crippen LogP contribution in [-0.2, 0) is 0 Å². The van der Waals surface area contributed by atoms with Gasteiger partial charge in [0.1, 0.15) is 23.2 Å². The van der Waals surface area contributed by atoms with E-state index in [9.17, 15) is 5.11 Å². The van der Waals surface area contributed by atoms with Gasteiger partial charge in [-0.25, -0.2) is 0 Å². The molecule has 0 aromatic heterocycles. The Balaban J connectivity index is 0.000000187. The van der Waals surface area contributed by atoms with Gasteiger partial charge in [-0.2, -0.15) is 0 Å². The third-order valence-corrected chi connectivity index (χ3v) is 12.1. The fourth-order valence-electron chi connectivity index (χ4n) is 5.47. The zero-order valence-corrected chi connectivity index (χ0v) is 22.8. The average Bonchev–Trinajstić information content (AvgIpc) is 2.95. The van der Waals surface area contributed by atoms with Gasteiger partial charge >= 0.3 is 0 Å². The molecule has 0 aliphatic heterocycles. The van der Waals surface area contributed by atoms with Crippen LogP contribution in [0.25, 0.3) is 0 Å². The molecular weight excluding hydrogens is 479 g/mol. The lowest BCUT2D eigenvalue weighted by Gasteiger charge is -2.27. The van der Waals surface area contributed by atoms with Gasteiger partial charge in [-0.1, -0.05) is 104 Å². The van der Waals surface area contributed by atoms with E-state index in [0.717, 1.165) is 18.4 Å². The monoisotopic (exact) mass is 514 g/mol. The lowest BCUT2D eigenvalue weighted by Crippen LogP contribution is -2.33. The van der Waals surface area contributed by atoms with Gasteiger partial charge in [0.25, 0.3) is 0 Å². The van der Waals surface area contributed by atoms with E-state index in [4.69, 9.17) is 11.6 Å². The van der Waals surface area contributed by atoms with Crippen molar-refractivity contribution in [1.29, 1.82) is 0 Å². The van der Waals surface area contributed by atoms with E-state index in [2.05, 4.69) is 97.9 Å². The van der Waals surface area contributed by atoms with Crippen molar-refractivity contribution in [2.45, 2.75) is 51.4 Å². The summed E-state index contributed by atoms with van der Waals surface area (Å²) in [5, 5.41) is 16.7. The van der Waals surface area contributed by atoms with E-state index in [-0.39, 0.29) is 5.75 Å². The molecule has 1 saturated carbocycles. The summed E-state index contributed by atoms with van der Waals surface area (Å²) >= 11 is 5.90. The molecule has 0 N–H and O–H groups in total. The van der Waals surface area contributed by atoms with Crippen LogP contribution in [0.4, 0.5) is 0 Å². The molecular formula is C33H36ClOP. The Bertz CT molecular complexity index is 1090. The number of hydrogen-bond acceptors (Lipinski definition) is 1. The van der Waals surface area contributed by atoms with Crippen molar-refractivity contribution < 1.29 is 5.11 Å². The molecule has 0 radical (unpaired) electrons. The zero-order valence-electron chi connectivity index (χ0n) is 21.2. The Labute approximate surface area is 222 Å². The van der Waals surface area contributed by atoms with Crippen LogP contribution in [0.15, 0.2) is 109 Å². The molecule has 0 saturated heterocycles. The average molecular weight is 515 g/mol. The second-order valence-corrected chi connectivity index (χ2v) is 13.6. The maximum atomic E-state index is 11.6. The number of benzene rings is 4. The molecule has 0 heterocycles. The first-order chi connectivity index (χ1) is 17.6. The highest BCUT2D eigenvalue weighted by molar-refractivity contribution is 7.95. The van der Waals surface area contributed by atoms with Crippen molar-refractivity contribution in [3.63, 3.8) is 0 Å². The van der Waals surface area contributed by atoms with Gasteiger partial charge in [0.05, 0.1) is 6.16 Å². The molecule has 1 aliphatic carbocycles. The smallest absolute Gasteiger partial charge is 0.112 e. The highest BCUT2D eigenvalue weighted by Gasteiger charge is 2.44. The van der Waals surface area contributed by atoms with Crippen LogP contribution in [0.3, 0.4) is 0 Å². The first kappa shape index (κ1) is 26.5. The predicted molar refractivity (Wildman–Crippen MR) is 157 cm³/mol. The zero-order chi connectivity index (χ0) is 25.2. The lowest BCUT2D eigenvalue weighted by atomic mass is 9.84. The number of hydrogen-bond donors (Lipinski definition) is 0. The summed E-state index contributed by atoms with van der Waals surface area (Å²) in [6, 6.07) is 38.3. The van der Waals surface area contributed by atoms with Crippen molar-refractivity contribution in [3.05, 3.63) is 120 Å². The fraction of sp³-hybridized carbons (Fsp3) is 0.273. The third-order valence-electron chi connectivity index (χ3n) is 7.17. The van der Waals surface area contributed by atoms with Crippen molar-refractivity contribution >= 4 is 34.8 Å². The molecule has 0 atom stereocenters. The molecule has 0 unspecified atom stereocenters. The molecule has 1 fully saturated rings. The van der Waals surface area contributed by atoms with Crippen LogP contribution < -0.4 is 21.0 Å². The highest BCUT2D eigenvalue weighted by atomic mass is 35.5. The summed E-state index contributed by atoms with van der Waals surface area (Å²) < 4.78 is 0. The quantitative estimate of drug-likeness (QED) is 0.240. The number of halogens is 1. The molecule has 4 aromatic rings. The van der Waals surface area contributed by atoms with Gasteiger partial charge in [0.2, 0.25) is 0 Å². The summed E-state index contributed by atoms with van der Waals surface area (Å²) in [6.45, 7) is 2.30. The Kier molecular flexibility index (Phi) is 9.62. The SMILES string of the molecule is CCC[P+](c1ccccc1)(c1ccccc1)c1ccccc1.[O-]c1ccc(Cl)cc1C1CCCCC1. The van der Waals surface area contributed by atoms with Crippen LogP contribution in [0.1, 0.15) is 56.9 Å². The molecule has 0 amide bonds. The first-order valence-electron chi connectivity index (χ1n) is 13.2. The van der Waals surface area contributed by atoms with E-state index in [0.29, 0.717) is 10.9 Å². The van der Waals surface area contributed by atoms with Crippen LogP contribution >= 0.6 is 18.9 Å². The lowest BCUT2D eigenvalue weighted by molar-refractivity contribution is -0.269. The summed E-state index contributed by atoms with van der Waals surface area (Å²) in [6.07, 6.45) is 8.50. The van der Waals surface area contributed by atoms with Crippen LogP contribution in [0, 0.1) is 0 Å². The minimum atomic E-state index is -1.55. The first-order valence-corrected chi connectivity index (χ1v) is 15.5. The van der Waals surface area contributed by atoms with E-state index in [1.165, 1.54) is 47.8 Å². The highest BCUT2D eigenvalue weighted by Crippen LogP contribution is 2.55. The number of rotatable bonds is 6. The Morgan fingerprint density at radius 2 is 1.17 bits per heavy atom. The molecule has 186 valence electrons. The van der Waals surface area contributed by atoms with E-state index in [1.54, 1.807) is 12.1 Å². The van der Waals surface area contributed by atoms with Gasteiger partial charge in [-0.05, 0) is 73.7 Å². The Hall–Kier alpha value is -2.60. The third kappa shape index (κ3) is 6.20. The normalized spacial score (nSPS) is 14.1. The maximum Gasteiger partial charge on any atom is 0.112 e. The maximum absolute atomic E-state index is 11.6. The Morgan fingerprint density at radius 3 is 1.61 bits per heavy atom. The van der Waals surface area contributed by atoms with Crippen molar-refractivity contribution in [2.75, 3.05) is 6.16 Å². The summed E-state index contributed by atoms with van der Waals surface area (Å²) in [7, 11) is -1.55. The molecule has 0 bridgehead atoms. The van der Waals surface area contributed by atoms with E-state index < -0.39 is 7.26 Å².